The molecule has 2 amide bonds. The van der Waals surface area contributed by atoms with Crippen LogP contribution in [0.15, 0.2) is 35.9 Å². The third kappa shape index (κ3) is 3.69. The Kier molecular flexibility index (Phi) is 5.24. The van der Waals surface area contributed by atoms with E-state index in [-0.39, 0.29) is 21.5 Å². The van der Waals surface area contributed by atoms with E-state index in [9.17, 15) is 14.7 Å². The lowest BCUT2D eigenvalue weighted by molar-refractivity contribution is -0.122. The lowest BCUT2D eigenvalue weighted by Crippen LogP contribution is -2.54. The van der Waals surface area contributed by atoms with E-state index in [1.165, 1.54) is 17.0 Å². The van der Waals surface area contributed by atoms with Gasteiger partial charge in [-0.2, -0.15) is 0 Å². The zero-order valence-corrected chi connectivity index (χ0v) is 16.7. The SMILES string of the molecule is Cc1cc(C=C2C(=O)NC(=S)N(c3ccc(Cl)c(Cl)c3)C2=O)cc(C)c1O. The monoisotopic (exact) mass is 420 g/mol. The van der Waals surface area contributed by atoms with Crippen LogP contribution in [0.5, 0.6) is 5.75 Å². The number of phenols is 1. The number of aryl methyl sites for hydroxylation is 2. The molecule has 5 nitrogen and oxygen atoms in total. The second-order valence-corrected chi connectivity index (χ2v) is 7.26. The number of anilines is 1. The Labute approximate surface area is 171 Å². The highest BCUT2D eigenvalue weighted by Crippen LogP contribution is 2.30. The molecule has 0 atom stereocenters. The minimum atomic E-state index is -0.593. The van der Waals surface area contributed by atoms with Crippen LogP contribution >= 0.6 is 35.4 Å². The van der Waals surface area contributed by atoms with E-state index < -0.39 is 11.8 Å². The van der Waals surface area contributed by atoms with Gasteiger partial charge in [0.2, 0.25) is 0 Å². The lowest BCUT2D eigenvalue weighted by Gasteiger charge is -2.29. The summed E-state index contributed by atoms with van der Waals surface area (Å²) in [4.78, 5) is 26.5. The van der Waals surface area contributed by atoms with Crippen molar-refractivity contribution >= 4 is 64.1 Å². The molecular weight excluding hydrogens is 407 g/mol. The molecule has 138 valence electrons. The van der Waals surface area contributed by atoms with Crippen molar-refractivity contribution < 1.29 is 14.7 Å². The number of hydrogen-bond acceptors (Lipinski definition) is 4. The highest BCUT2D eigenvalue weighted by Gasteiger charge is 2.34. The summed E-state index contributed by atoms with van der Waals surface area (Å²) in [5.74, 6) is -0.995. The molecule has 8 heteroatoms. The van der Waals surface area contributed by atoms with E-state index in [2.05, 4.69) is 5.32 Å². The normalized spacial score (nSPS) is 16.1. The number of hydrogen-bond donors (Lipinski definition) is 2. The Morgan fingerprint density at radius 2 is 1.70 bits per heavy atom. The number of thiocarbonyl (C=S) groups is 1. The molecule has 1 aliphatic heterocycles. The number of benzene rings is 2. The molecular formula is C19H14Cl2N2O3S. The smallest absolute Gasteiger partial charge is 0.270 e. The molecule has 0 unspecified atom stereocenters. The number of nitrogens with one attached hydrogen (secondary N) is 1. The van der Waals surface area contributed by atoms with Crippen molar-refractivity contribution in [3.05, 3.63) is 62.6 Å². The predicted molar refractivity (Wildman–Crippen MR) is 110 cm³/mol. The second-order valence-electron chi connectivity index (χ2n) is 6.06. The van der Waals surface area contributed by atoms with Crippen molar-refractivity contribution in [2.24, 2.45) is 0 Å². The molecule has 1 heterocycles. The molecule has 0 spiro atoms. The first-order chi connectivity index (χ1) is 12.7. The van der Waals surface area contributed by atoms with E-state index >= 15 is 0 Å². The molecule has 0 bridgehead atoms. The number of aromatic hydroxyl groups is 1. The van der Waals surface area contributed by atoms with Crippen LogP contribution < -0.4 is 10.2 Å². The van der Waals surface area contributed by atoms with Crippen molar-refractivity contribution in [1.29, 1.82) is 0 Å². The molecule has 0 aromatic heterocycles. The summed E-state index contributed by atoms with van der Waals surface area (Å²) < 4.78 is 0. The van der Waals surface area contributed by atoms with E-state index in [1.807, 2.05) is 0 Å². The number of nitrogens with zero attached hydrogens (tertiary/aromatic N) is 1. The number of halogens is 2. The van der Waals surface area contributed by atoms with Gasteiger partial charge in [-0.1, -0.05) is 23.2 Å². The molecule has 2 aromatic rings. The van der Waals surface area contributed by atoms with Crippen LogP contribution in [0.4, 0.5) is 5.69 Å². The standard InChI is InChI=1S/C19H14Cl2N2O3S/c1-9-5-11(6-10(2)16(9)24)7-13-17(25)22-19(27)23(18(13)26)12-3-4-14(20)15(21)8-12/h3-8,24H,1-2H3,(H,22,25,27). The van der Waals surface area contributed by atoms with Gasteiger partial charge in [-0.25, -0.2) is 0 Å². The van der Waals surface area contributed by atoms with Crippen molar-refractivity contribution in [1.82, 2.24) is 5.32 Å². The van der Waals surface area contributed by atoms with Gasteiger partial charge in [0.05, 0.1) is 15.7 Å². The Balaban J connectivity index is 2.06. The highest BCUT2D eigenvalue weighted by molar-refractivity contribution is 7.80. The number of carbonyl (C=O) groups is 2. The first kappa shape index (κ1) is 19.4. The van der Waals surface area contributed by atoms with Gasteiger partial charge in [0.25, 0.3) is 11.8 Å². The average Bonchev–Trinajstić information content (AvgIpc) is 2.59. The molecule has 1 fully saturated rings. The number of phenolic OH excluding ortho intramolecular Hbond substituents is 1. The van der Waals surface area contributed by atoms with Gasteiger partial charge in [-0.3, -0.25) is 19.8 Å². The summed E-state index contributed by atoms with van der Waals surface area (Å²) in [6, 6.07) is 8.00. The Morgan fingerprint density at radius 3 is 2.30 bits per heavy atom. The summed E-state index contributed by atoms with van der Waals surface area (Å²) in [5.41, 5.74) is 2.20. The first-order valence-corrected chi connectivity index (χ1v) is 9.02. The van der Waals surface area contributed by atoms with Crippen LogP contribution in [0.3, 0.4) is 0 Å². The van der Waals surface area contributed by atoms with Gasteiger partial charge in [0.15, 0.2) is 5.11 Å². The van der Waals surface area contributed by atoms with Gasteiger partial charge in [-0.15, -0.1) is 0 Å². The van der Waals surface area contributed by atoms with E-state index in [0.717, 1.165) is 0 Å². The third-order valence-electron chi connectivity index (χ3n) is 4.09. The maximum atomic E-state index is 13.0. The quantitative estimate of drug-likeness (QED) is 0.434. The van der Waals surface area contributed by atoms with Crippen LogP contribution in [-0.4, -0.2) is 22.0 Å². The van der Waals surface area contributed by atoms with Gasteiger partial charge in [0.1, 0.15) is 11.3 Å². The Hall–Kier alpha value is -2.41. The van der Waals surface area contributed by atoms with Crippen LogP contribution in [-0.2, 0) is 9.59 Å². The largest absolute Gasteiger partial charge is 0.507 e. The number of carbonyl (C=O) groups excluding carboxylic acids is 2. The topological polar surface area (TPSA) is 69.6 Å². The van der Waals surface area contributed by atoms with Crippen molar-refractivity contribution in [2.75, 3.05) is 4.90 Å². The molecule has 0 radical (unpaired) electrons. The zero-order valence-electron chi connectivity index (χ0n) is 14.3. The van der Waals surface area contributed by atoms with Crippen LogP contribution in [0.2, 0.25) is 10.0 Å². The summed E-state index contributed by atoms with van der Waals surface area (Å²) in [6.07, 6.45) is 1.46. The maximum absolute atomic E-state index is 13.0. The molecule has 1 saturated heterocycles. The van der Waals surface area contributed by atoms with Crippen molar-refractivity contribution in [2.45, 2.75) is 13.8 Å². The van der Waals surface area contributed by atoms with Gasteiger partial charge in [0, 0.05) is 0 Å². The molecule has 1 aliphatic rings. The summed E-state index contributed by atoms with van der Waals surface area (Å²) in [5, 5.41) is 13.0. The first-order valence-electron chi connectivity index (χ1n) is 7.85. The lowest BCUT2D eigenvalue weighted by atomic mass is 10.0. The fourth-order valence-electron chi connectivity index (χ4n) is 2.76. The Morgan fingerprint density at radius 1 is 1.07 bits per heavy atom. The fraction of sp³-hybridized carbons (Fsp3) is 0.105. The third-order valence-corrected chi connectivity index (χ3v) is 5.11. The highest BCUT2D eigenvalue weighted by atomic mass is 35.5. The van der Waals surface area contributed by atoms with Crippen LogP contribution in [0.1, 0.15) is 16.7 Å². The fourth-order valence-corrected chi connectivity index (χ4v) is 3.33. The van der Waals surface area contributed by atoms with Crippen molar-refractivity contribution in [3.63, 3.8) is 0 Å². The summed E-state index contributed by atoms with van der Waals surface area (Å²) >= 11 is 17.1. The average molecular weight is 421 g/mol. The molecule has 2 aromatic carbocycles. The Bertz CT molecular complexity index is 1010. The van der Waals surface area contributed by atoms with Crippen LogP contribution in [0, 0.1) is 13.8 Å². The molecule has 2 N–H and O–H groups in total. The maximum Gasteiger partial charge on any atom is 0.270 e. The van der Waals surface area contributed by atoms with Gasteiger partial charge < -0.3 is 5.11 Å². The van der Waals surface area contributed by atoms with E-state index in [1.54, 1.807) is 38.1 Å². The minimum Gasteiger partial charge on any atom is -0.507 e. The molecule has 0 aliphatic carbocycles. The molecule has 27 heavy (non-hydrogen) atoms. The number of amides is 2. The van der Waals surface area contributed by atoms with Gasteiger partial charge in [-0.05, 0) is 79.2 Å². The zero-order chi connectivity index (χ0) is 19.9. The van der Waals surface area contributed by atoms with E-state index in [4.69, 9.17) is 35.4 Å². The summed E-state index contributed by atoms with van der Waals surface area (Å²) in [7, 11) is 0. The second kappa shape index (κ2) is 7.31. The number of rotatable bonds is 2. The molecule has 0 saturated carbocycles. The predicted octanol–water partition coefficient (Wildman–Crippen LogP) is 4.15. The summed E-state index contributed by atoms with van der Waals surface area (Å²) in [6.45, 7) is 3.48. The minimum absolute atomic E-state index is 0.0430. The van der Waals surface area contributed by atoms with Crippen molar-refractivity contribution in [3.8, 4) is 5.75 Å². The van der Waals surface area contributed by atoms with E-state index in [0.29, 0.717) is 27.4 Å². The van der Waals surface area contributed by atoms with Gasteiger partial charge >= 0.3 is 0 Å². The molecule has 3 rings (SSSR count). The van der Waals surface area contributed by atoms with Crippen LogP contribution in [0.25, 0.3) is 6.08 Å².